The summed E-state index contributed by atoms with van der Waals surface area (Å²) >= 11 is 1.93. The fourth-order valence-electron chi connectivity index (χ4n) is 2.75. The first-order chi connectivity index (χ1) is 8.47. The van der Waals surface area contributed by atoms with E-state index in [4.69, 9.17) is 5.73 Å². The fraction of sp³-hybridized carbons (Fsp3) is 0.625. The van der Waals surface area contributed by atoms with Crippen LogP contribution in [0.3, 0.4) is 0 Å². The summed E-state index contributed by atoms with van der Waals surface area (Å²) in [4.78, 5) is 1.37. The predicted molar refractivity (Wildman–Crippen MR) is 80.9 cm³/mol. The summed E-state index contributed by atoms with van der Waals surface area (Å²) in [5.74, 6) is 0.687. The predicted octanol–water partition coefficient (Wildman–Crippen LogP) is 4.77. The molecule has 0 aliphatic heterocycles. The molecule has 100 valence electrons. The lowest BCUT2D eigenvalue weighted by Gasteiger charge is -2.25. The van der Waals surface area contributed by atoms with Crippen molar-refractivity contribution in [3.8, 4) is 0 Å². The van der Waals surface area contributed by atoms with Gasteiger partial charge in [0.2, 0.25) is 0 Å². The number of nitrogens with two attached hydrogens (primary N) is 1. The Balaban J connectivity index is 2.20. The van der Waals surface area contributed by atoms with Crippen LogP contribution in [0.1, 0.15) is 58.1 Å². The highest BCUT2D eigenvalue weighted by molar-refractivity contribution is 8.00. The normalized spacial score (nSPS) is 19.1. The van der Waals surface area contributed by atoms with E-state index < -0.39 is 0 Å². The summed E-state index contributed by atoms with van der Waals surface area (Å²) in [7, 11) is 0. The second-order valence-electron chi connectivity index (χ2n) is 6.32. The second kappa shape index (κ2) is 5.66. The standard InChI is InChI=1S/C16H25NS/c1-16(2,3)18-14-11-7-6-10-13(14)15(17)12-8-4-5-9-12/h6-7,10-12,15H,4-5,8-9,17H2,1-3H3/t15-/m1/s1. The zero-order valence-corrected chi connectivity index (χ0v) is 12.6. The number of rotatable bonds is 3. The van der Waals surface area contributed by atoms with E-state index in [9.17, 15) is 0 Å². The van der Waals surface area contributed by atoms with Gasteiger partial charge in [0.1, 0.15) is 0 Å². The van der Waals surface area contributed by atoms with Gasteiger partial charge in [0.25, 0.3) is 0 Å². The van der Waals surface area contributed by atoms with Gasteiger partial charge in [-0.3, -0.25) is 0 Å². The van der Waals surface area contributed by atoms with Gasteiger partial charge in [0.05, 0.1) is 0 Å². The molecule has 1 nitrogen and oxygen atoms in total. The van der Waals surface area contributed by atoms with Crippen LogP contribution in [0.5, 0.6) is 0 Å². The summed E-state index contributed by atoms with van der Waals surface area (Å²) in [6.45, 7) is 6.78. The molecule has 1 atom stereocenters. The molecule has 1 aromatic rings. The van der Waals surface area contributed by atoms with Crippen molar-refractivity contribution in [3.63, 3.8) is 0 Å². The van der Waals surface area contributed by atoms with Gasteiger partial charge in [-0.1, -0.05) is 51.8 Å². The molecule has 2 rings (SSSR count). The van der Waals surface area contributed by atoms with Crippen LogP contribution in [0.4, 0.5) is 0 Å². The summed E-state index contributed by atoms with van der Waals surface area (Å²) < 4.78 is 0.242. The van der Waals surface area contributed by atoms with Crippen LogP contribution >= 0.6 is 11.8 Å². The van der Waals surface area contributed by atoms with E-state index in [0.717, 1.165) is 0 Å². The fourth-order valence-corrected chi connectivity index (χ4v) is 3.88. The van der Waals surface area contributed by atoms with Gasteiger partial charge in [0.15, 0.2) is 0 Å². The largest absolute Gasteiger partial charge is 0.324 e. The summed E-state index contributed by atoms with van der Waals surface area (Å²) in [5.41, 5.74) is 7.86. The molecule has 1 fully saturated rings. The van der Waals surface area contributed by atoms with Crippen LogP contribution in [0.25, 0.3) is 0 Å². The lowest BCUT2D eigenvalue weighted by atomic mass is 9.92. The van der Waals surface area contributed by atoms with Crippen LogP contribution in [0.15, 0.2) is 29.2 Å². The molecule has 0 spiro atoms. The molecule has 2 heteroatoms. The molecule has 2 N–H and O–H groups in total. The molecular formula is C16H25NS. The van der Waals surface area contributed by atoms with E-state index in [1.54, 1.807) is 0 Å². The average molecular weight is 263 g/mol. The lowest BCUT2D eigenvalue weighted by Crippen LogP contribution is -2.20. The van der Waals surface area contributed by atoms with Crippen LogP contribution in [-0.4, -0.2) is 4.75 Å². The van der Waals surface area contributed by atoms with E-state index in [2.05, 4.69) is 45.0 Å². The molecule has 0 saturated heterocycles. The molecular weight excluding hydrogens is 238 g/mol. The number of hydrogen-bond donors (Lipinski definition) is 1. The summed E-state index contributed by atoms with van der Waals surface area (Å²) in [6, 6.07) is 8.91. The summed E-state index contributed by atoms with van der Waals surface area (Å²) in [5, 5.41) is 0. The van der Waals surface area contributed by atoms with Crippen molar-refractivity contribution in [3.05, 3.63) is 29.8 Å². The quantitative estimate of drug-likeness (QED) is 0.795. The van der Waals surface area contributed by atoms with Crippen molar-refractivity contribution in [2.45, 2.75) is 62.1 Å². The molecule has 1 aliphatic rings. The Morgan fingerprint density at radius 1 is 1.17 bits per heavy atom. The molecule has 0 bridgehead atoms. The van der Waals surface area contributed by atoms with Crippen molar-refractivity contribution < 1.29 is 0 Å². The van der Waals surface area contributed by atoms with E-state index in [1.807, 2.05) is 11.8 Å². The first-order valence-corrected chi connectivity index (χ1v) is 7.82. The van der Waals surface area contributed by atoms with Gasteiger partial charge in [-0.05, 0) is 30.4 Å². The minimum Gasteiger partial charge on any atom is -0.324 e. The highest BCUT2D eigenvalue weighted by Crippen LogP contribution is 2.40. The number of thioether (sulfide) groups is 1. The van der Waals surface area contributed by atoms with Gasteiger partial charge >= 0.3 is 0 Å². The minimum absolute atomic E-state index is 0.221. The van der Waals surface area contributed by atoms with E-state index in [-0.39, 0.29) is 10.8 Å². The maximum Gasteiger partial charge on any atom is 0.0334 e. The molecule has 0 aromatic heterocycles. The Hall–Kier alpha value is -0.470. The molecule has 0 radical (unpaired) electrons. The van der Waals surface area contributed by atoms with Gasteiger partial charge in [-0.25, -0.2) is 0 Å². The molecule has 0 heterocycles. The smallest absolute Gasteiger partial charge is 0.0334 e. The SMILES string of the molecule is CC(C)(C)Sc1ccccc1[C@H](N)C1CCCC1. The lowest BCUT2D eigenvalue weighted by molar-refractivity contribution is 0.440. The maximum absolute atomic E-state index is 6.51. The number of hydrogen-bond acceptors (Lipinski definition) is 2. The Morgan fingerprint density at radius 3 is 2.39 bits per heavy atom. The Labute approximate surface area is 116 Å². The number of benzene rings is 1. The van der Waals surface area contributed by atoms with Crippen molar-refractivity contribution >= 4 is 11.8 Å². The van der Waals surface area contributed by atoms with E-state index >= 15 is 0 Å². The third kappa shape index (κ3) is 3.52. The van der Waals surface area contributed by atoms with Crippen LogP contribution < -0.4 is 5.73 Å². The minimum atomic E-state index is 0.221. The first kappa shape index (κ1) is 14.0. The van der Waals surface area contributed by atoms with Crippen molar-refractivity contribution in [1.82, 2.24) is 0 Å². The van der Waals surface area contributed by atoms with Crippen molar-refractivity contribution in [2.24, 2.45) is 11.7 Å². The zero-order valence-electron chi connectivity index (χ0n) is 11.8. The molecule has 0 unspecified atom stereocenters. The average Bonchev–Trinajstić information content (AvgIpc) is 2.80. The van der Waals surface area contributed by atoms with Gasteiger partial charge in [0, 0.05) is 15.7 Å². The molecule has 18 heavy (non-hydrogen) atoms. The third-order valence-electron chi connectivity index (χ3n) is 3.60. The van der Waals surface area contributed by atoms with E-state index in [1.165, 1.54) is 36.1 Å². The molecule has 1 aliphatic carbocycles. The monoisotopic (exact) mass is 263 g/mol. The summed E-state index contributed by atoms with van der Waals surface area (Å²) in [6.07, 6.45) is 5.31. The van der Waals surface area contributed by atoms with Gasteiger partial charge < -0.3 is 5.73 Å². The highest BCUT2D eigenvalue weighted by Gasteiger charge is 2.26. The Morgan fingerprint density at radius 2 is 1.78 bits per heavy atom. The Kier molecular flexibility index (Phi) is 4.39. The zero-order chi connectivity index (χ0) is 13.2. The van der Waals surface area contributed by atoms with Gasteiger partial charge in [-0.15, -0.1) is 11.8 Å². The molecule has 0 amide bonds. The Bertz CT molecular complexity index is 388. The molecule has 1 aromatic carbocycles. The molecule has 1 saturated carbocycles. The second-order valence-corrected chi connectivity index (χ2v) is 8.19. The van der Waals surface area contributed by atoms with Crippen LogP contribution in [0, 0.1) is 5.92 Å². The highest BCUT2D eigenvalue weighted by atomic mass is 32.2. The van der Waals surface area contributed by atoms with E-state index in [0.29, 0.717) is 5.92 Å². The van der Waals surface area contributed by atoms with Crippen LogP contribution in [-0.2, 0) is 0 Å². The topological polar surface area (TPSA) is 26.0 Å². The van der Waals surface area contributed by atoms with Crippen LogP contribution in [0.2, 0.25) is 0 Å². The van der Waals surface area contributed by atoms with Crippen molar-refractivity contribution in [1.29, 1.82) is 0 Å². The third-order valence-corrected chi connectivity index (χ3v) is 4.81. The van der Waals surface area contributed by atoms with Gasteiger partial charge in [-0.2, -0.15) is 0 Å². The maximum atomic E-state index is 6.51. The first-order valence-electron chi connectivity index (χ1n) is 7.01. The van der Waals surface area contributed by atoms with Crippen molar-refractivity contribution in [2.75, 3.05) is 0 Å².